The number of pyridine rings is 1. The first-order chi connectivity index (χ1) is 9.83. The van der Waals surface area contributed by atoms with Gasteiger partial charge in [0, 0.05) is 22.7 Å². The molecule has 2 heterocycles. The molecule has 0 saturated heterocycles. The Hall–Kier alpha value is -1.97. The minimum absolute atomic E-state index is 0.160. The van der Waals surface area contributed by atoms with Crippen molar-refractivity contribution in [2.45, 2.75) is 32.1 Å². The van der Waals surface area contributed by atoms with Gasteiger partial charge in [-0.3, -0.25) is 4.79 Å². The summed E-state index contributed by atoms with van der Waals surface area (Å²) in [6, 6.07) is 3.73. The van der Waals surface area contributed by atoms with E-state index in [4.69, 9.17) is 9.47 Å². The summed E-state index contributed by atoms with van der Waals surface area (Å²) in [4.78, 5) is 16.1. The third-order valence-electron chi connectivity index (χ3n) is 4.20. The highest BCUT2D eigenvalue weighted by Crippen LogP contribution is 2.33. The molecule has 1 aliphatic carbocycles. The van der Waals surface area contributed by atoms with Crippen molar-refractivity contribution in [2.75, 3.05) is 13.2 Å². The number of H-pyrrole nitrogens is 1. The lowest BCUT2D eigenvalue weighted by Crippen LogP contribution is -2.18. The second kappa shape index (κ2) is 4.54. The van der Waals surface area contributed by atoms with Gasteiger partial charge < -0.3 is 14.5 Å². The number of aromatic amines is 1. The molecule has 0 spiro atoms. The predicted molar refractivity (Wildman–Crippen MR) is 76.8 cm³/mol. The summed E-state index contributed by atoms with van der Waals surface area (Å²) in [5.41, 5.74) is 3.09. The van der Waals surface area contributed by atoms with E-state index in [-0.39, 0.29) is 5.43 Å². The maximum Gasteiger partial charge on any atom is 0.192 e. The van der Waals surface area contributed by atoms with Gasteiger partial charge in [-0.25, -0.2) is 0 Å². The lowest BCUT2D eigenvalue weighted by Gasteiger charge is -2.19. The average Bonchev–Trinajstić information content (AvgIpc) is 2.71. The Labute approximate surface area is 116 Å². The van der Waals surface area contributed by atoms with Gasteiger partial charge >= 0.3 is 0 Å². The third kappa shape index (κ3) is 1.79. The molecule has 20 heavy (non-hydrogen) atoms. The standard InChI is InChI=1S/C16H17NO3/c18-16-10-4-2-1-3-5-12(10)17-13-9-15-14(8-11(13)16)19-6-7-20-15/h8-9H,1-7H2,(H,17,18). The number of hydrogen-bond acceptors (Lipinski definition) is 3. The van der Waals surface area contributed by atoms with Crippen molar-refractivity contribution in [3.63, 3.8) is 0 Å². The van der Waals surface area contributed by atoms with E-state index >= 15 is 0 Å². The molecule has 104 valence electrons. The number of benzene rings is 1. The highest BCUT2D eigenvalue weighted by atomic mass is 16.6. The lowest BCUT2D eigenvalue weighted by molar-refractivity contribution is 0.172. The molecule has 2 aromatic rings. The van der Waals surface area contributed by atoms with Gasteiger partial charge in [0.25, 0.3) is 0 Å². The molecule has 4 rings (SSSR count). The summed E-state index contributed by atoms with van der Waals surface area (Å²) in [5, 5.41) is 0.718. The first kappa shape index (κ1) is 11.8. The molecule has 4 heteroatoms. The SMILES string of the molecule is O=c1c2c([nH]c3cc4c(cc13)OCCO4)CCCCC2. The summed E-state index contributed by atoms with van der Waals surface area (Å²) < 4.78 is 11.2. The summed E-state index contributed by atoms with van der Waals surface area (Å²) in [7, 11) is 0. The van der Waals surface area contributed by atoms with Crippen molar-refractivity contribution >= 4 is 10.9 Å². The summed E-state index contributed by atoms with van der Waals surface area (Å²) in [6.07, 6.45) is 5.30. The van der Waals surface area contributed by atoms with E-state index in [0.717, 1.165) is 53.6 Å². The van der Waals surface area contributed by atoms with Gasteiger partial charge in [0.2, 0.25) is 0 Å². The van der Waals surface area contributed by atoms with E-state index in [2.05, 4.69) is 4.98 Å². The first-order valence-electron chi connectivity index (χ1n) is 7.30. The largest absolute Gasteiger partial charge is 0.486 e. The Balaban J connectivity index is 1.98. The molecule has 0 bridgehead atoms. The average molecular weight is 271 g/mol. The monoisotopic (exact) mass is 271 g/mol. The highest BCUT2D eigenvalue weighted by Gasteiger charge is 2.18. The van der Waals surface area contributed by atoms with Gasteiger partial charge in [-0.15, -0.1) is 0 Å². The molecule has 0 unspecified atom stereocenters. The van der Waals surface area contributed by atoms with Gasteiger partial charge in [-0.1, -0.05) is 6.42 Å². The molecule has 1 aromatic carbocycles. The van der Waals surface area contributed by atoms with E-state index in [1.165, 1.54) is 6.42 Å². The molecule has 0 fully saturated rings. The van der Waals surface area contributed by atoms with Gasteiger partial charge in [0.15, 0.2) is 16.9 Å². The smallest absolute Gasteiger partial charge is 0.192 e. The number of fused-ring (bicyclic) bond motifs is 3. The fraction of sp³-hybridized carbons (Fsp3) is 0.438. The Morgan fingerprint density at radius 3 is 2.55 bits per heavy atom. The van der Waals surface area contributed by atoms with Crippen molar-refractivity contribution in [1.29, 1.82) is 0 Å². The van der Waals surface area contributed by atoms with E-state index < -0.39 is 0 Å². The molecular weight excluding hydrogens is 254 g/mol. The van der Waals surface area contributed by atoms with Gasteiger partial charge in [-0.05, 0) is 31.7 Å². The number of rotatable bonds is 0. The van der Waals surface area contributed by atoms with Crippen LogP contribution in [0, 0.1) is 0 Å². The molecule has 0 saturated carbocycles. The van der Waals surface area contributed by atoms with Crippen molar-refractivity contribution in [3.05, 3.63) is 33.6 Å². The zero-order chi connectivity index (χ0) is 13.5. The van der Waals surface area contributed by atoms with Crippen LogP contribution >= 0.6 is 0 Å². The van der Waals surface area contributed by atoms with Gasteiger partial charge in [-0.2, -0.15) is 0 Å². The van der Waals surface area contributed by atoms with E-state index in [1.807, 2.05) is 12.1 Å². The molecule has 0 radical (unpaired) electrons. The second-order valence-electron chi connectivity index (χ2n) is 5.51. The van der Waals surface area contributed by atoms with Crippen LogP contribution in [0.25, 0.3) is 10.9 Å². The predicted octanol–water partition coefficient (Wildman–Crippen LogP) is 2.57. The van der Waals surface area contributed by atoms with Crippen LogP contribution < -0.4 is 14.9 Å². The molecule has 0 amide bonds. The zero-order valence-corrected chi connectivity index (χ0v) is 11.3. The highest BCUT2D eigenvalue weighted by molar-refractivity contribution is 5.83. The minimum Gasteiger partial charge on any atom is -0.486 e. The van der Waals surface area contributed by atoms with Crippen LogP contribution in [-0.4, -0.2) is 18.2 Å². The Morgan fingerprint density at radius 2 is 1.70 bits per heavy atom. The number of nitrogens with one attached hydrogen (secondary N) is 1. The summed E-state index contributed by atoms with van der Waals surface area (Å²) in [5.74, 6) is 1.41. The summed E-state index contributed by atoms with van der Waals surface area (Å²) >= 11 is 0. The van der Waals surface area contributed by atoms with Crippen LogP contribution in [0.15, 0.2) is 16.9 Å². The van der Waals surface area contributed by atoms with Crippen LogP contribution in [-0.2, 0) is 12.8 Å². The fourth-order valence-corrected chi connectivity index (χ4v) is 3.18. The first-order valence-corrected chi connectivity index (χ1v) is 7.30. The van der Waals surface area contributed by atoms with Crippen molar-refractivity contribution in [2.24, 2.45) is 0 Å². The normalized spacial score (nSPS) is 17.6. The number of aromatic nitrogens is 1. The Kier molecular flexibility index (Phi) is 2.69. The maximum absolute atomic E-state index is 12.7. The van der Waals surface area contributed by atoms with Crippen LogP contribution in [0.5, 0.6) is 11.5 Å². The van der Waals surface area contributed by atoms with Crippen molar-refractivity contribution in [3.8, 4) is 11.5 Å². The van der Waals surface area contributed by atoms with E-state index in [9.17, 15) is 4.79 Å². The molecule has 0 atom stereocenters. The minimum atomic E-state index is 0.160. The third-order valence-corrected chi connectivity index (χ3v) is 4.20. The Bertz CT molecular complexity index is 733. The topological polar surface area (TPSA) is 51.3 Å². The van der Waals surface area contributed by atoms with Gasteiger partial charge in [0.05, 0.1) is 5.52 Å². The molecular formula is C16H17NO3. The zero-order valence-electron chi connectivity index (χ0n) is 11.3. The Morgan fingerprint density at radius 1 is 0.950 bits per heavy atom. The molecule has 4 nitrogen and oxygen atoms in total. The summed E-state index contributed by atoms with van der Waals surface area (Å²) in [6.45, 7) is 1.11. The fourth-order valence-electron chi connectivity index (χ4n) is 3.18. The van der Waals surface area contributed by atoms with Gasteiger partial charge in [0.1, 0.15) is 13.2 Å². The molecule has 1 aliphatic heterocycles. The van der Waals surface area contributed by atoms with Crippen LogP contribution in [0.1, 0.15) is 30.5 Å². The number of ether oxygens (including phenoxy) is 2. The van der Waals surface area contributed by atoms with Crippen molar-refractivity contribution in [1.82, 2.24) is 4.98 Å². The quantitative estimate of drug-likeness (QED) is 0.749. The lowest BCUT2D eigenvalue weighted by atomic mass is 10.0. The molecule has 1 N–H and O–H groups in total. The van der Waals surface area contributed by atoms with E-state index in [1.54, 1.807) is 0 Å². The molecule has 2 aliphatic rings. The van der Waals surface area contributed by atoms with Crippen LogP contribution in [0.2, 0.25) is 0 Å². The van der Waals surface area contributed by atoms with E-state index in [0.29, 0.717) is 19.0 Å². The molecule has 1 aromatic heterocycles. The number of aryl methyl sites for hydroxylation is 1. The second-order valence-corrected chi connectivity index (χ2v) is 5.51. The van der Waals surface area contributed by atoms with Crippen LogP contribution in [0.3, 0.4) is 0 Å². The van der Waals surface area contributed by atoms with Crippen LogP contribution in [0.4, 0.5) is 0 Å². The maximum atomic E-state index is 12.7. The number of hydrogen-bond donors (Lipinski definition) is 1. The van der Waals surface area contributed by atoms with Crippen molar-refractivity contribution < 1.29 is 9.47 Å².